The van der Waals surface area contributed by atoms with Gasteiger partial charge in [-0.05, 0) is 43.2 Å². The van der Waals surface area contributed by atoms with Crippen LogP contribution in [0.1, 0.15) is 28.9 Å². The number of anilines is 4. The van der Waals surface area contributed by atoms with Crippen molar-refractivity contribution in [1.82, 2.24) is 9.97 Å². The number of ketones is 1. The van der Waals surface area contributed by atoms with E-state index in [1.54, 1.807) is 18.2 Å². The monoisotopic (exact) mass is 398 g/mol. The summed E-state index contributed by atoms with van der Waals surface area (Å²) in [5.74, 6) is 0.962. The maximum Gasteiger partial charge on any atom is 0.229 e. The minimum Gasteiger partial charge on any atom is -0.339 e. The molecule has 0 atom stereocenters. The first kappa shape index (κ1) is 17.8. The summed E-state index contributed by atoms with van der Waals surface area (Å²) in [6, 6.07) is 14.9. The fourth-order valence-electron chi connectivity index (χ4n) is 3.03. The van der Waals surface area contributed by atoms with Crippen LogP contribution in [0, 0.1) is 0 Å². The van der Waals surface area contributed by atoms with E-state index in [0.29, 0.717) is 39.5 Å². The Kier molecular flexibility index (Phi) is 4.97. The summed E-state index contributed by atoms with van der Waals surface area (Å²) in [6.45, 7) is 0. The molecule has 0 aliphatic heterocycles. The van der Waals surface area contributed by atoms with E-state index in [4.69, 9.17) is 23.2 Å². The average molecular weight is 399 g/mol. The molecular weight excluding hydrogens is 383 g/mol. The zero-order valence-corrected chi connectivity index (χ0v) is 15.8. The van der Waals surface area contributed by atoms with E-state index in [1.807, 2.05) is 30.3 Å². The molecule has 27 heavy (non-hydrogen) atoms. The van der Waals surface area contributed by atoms with Gasteiger partial charge in [0.2, 0.25) is 5.95 Å². The Hall–Kier alpha value is -2.63. The smallest absolute Gasteiger partial charge is 0.229 e. The third-order valence-corrected chi connectivity index (χ3v) is 5.03. The van der Waals surface area contributed by atoms with E-state index in [9.17, 15) is 4.79 Å². The summed E-state index contributed by atoms with van der Waals surface area (Å²) in [4.78, 5) is 21.6. The average Bonchev–Trinajstić information content (AvgIpc) is 2.65. The number of hydrogen-bond acceptors (Lipinski definition) is 5. The number of benzene rings is 2. The minimum absolute atomic E-state index is 0.0464. The van der Waals surface area contributed by atoms with Crippen LogP contribution >= 0.6 is 23.2 Å². The Labute approximate surface area is 166 Å². The molecule has 5 nitrogen and oxygen atoms in total. The Morgan fingerprint density at radius 1 is 0.852 bits per heavy atom. The lowest BCUT2D eigenvalue weighted by Gasteiger charge is -2.19. The van der Waals surface area contributed by atoms with Crippen molar-refractivity contribution in [2.45, 2.75) is 19.3 Å². The molecule has 0 fully saturated rings. The predicted octanol–water partition coefficient (Wildman–Crippen LogP) is 5.79. The minimum atomic E-state index is 0.0464. The van der Waals surface area contributed by atoms with Crippen molar-refractivity contribution in [3.8, 4) is 0 Å². The highest BCUT2D eigenvalue weighted by Crippen LogP contribution is 2.31. The van der Waals surface area contributed by atoms with Gasteiger partial charge in [-0.25, -0.2) is 4.98 Å². The van der Waals surface area contributed by atoms with Crippen molar-refractivity contribution < 1.29 is 4.79 Å². The highest BCUT2D eigenvalue weighted by molar-refractivity contribution is 6.42. The summed E-state index contributed by atoms with van der Waals surface area (Å²) >= 11 is 12.1. The van der Waals surface area contributed by atoms with Gasteiger partial charge >= 0.3 is 0 Å². The van der Waals surface area contributed by atoms with E-state index in [-0.39, 0.29) is 5.78 Å². The van der Waals surface area contributed by atoms with Gasteiger partial charge in [-0.2, -0.15) is 4.98 Å². The lowest BCUT2D eigenvalue weighted by molar-refractivity contribution is 0.0972. The molecule has 0 unspecified atom stereocenters. The van der Waals surface area contributed by atoms with Gasteiger partial charge in [0.1, 0.15) is 5.82 Å². The SMILES string of the molecule is O=C1CCCc2nc(Nc3ccccc3)nc(Nc3ccc(Cl)c(Cl)c3)c21. The van der Waals surface area contributed by atoms with Gasteiger partial charge in [-0.3, -0.25) is 4.79 Å². The number of nitrogens with one attached hydrogen (secondary N) is 2. The van der Waals surface area contributed by atoms with Gasteiger partial charge in [0.05, 0.1) is 21.3 Å². The third-order valence-electron chi connectivity index (χ3n) is 4.29. The molecule has 1 aliphatic carbocycles. The number of carbonyl (C=O) groups excluding carboxylic acids is 1. The molecule has 0 saturated heterocycles. The quantitative estimate of drug-likeness (QED) is 0.581. The summed E-state index contributed by atoms with van der Waals surface area (Å²) in [5, 5.41) is 7.29. The Morgan fingerprint density at radius 2 is 1.67 bits per heavy atom. The number of halogens is 2. The number of aromatic nitrogens is 2. The van der Waals surface area contributed by atoms with Crippen LogP contribution in [0.15, 0.2) is 48.5 Å². The molecule has 2 aromatic carbocycles. The maximum absolute atomic E-state index is 12.5. The van der Waals surface area contributed by atoms with Crippen molar-refractivity contribution in [1.29, 1.82) is 0 Å². The molecule has 1 aromatic heterocycles. The molecule has 1 heterocycles. The first-order valence-corrected chi connectivity index (χ1v) is 9.34. The summed E-state index contributed by atoms with van der Waals surface area (Å²) in [5.41, 5.74) is 2.88. The fourth-order valence-corrected chi connectivity index (χ4v) is 3.33. The van der Waals surface area contributed by atoms with E-state index in [1.165, 1.54) is 0 Å². The second kappa shape index (κ2) is 7.55. The molecule has 0 bridgehead atoms. The van der Waals surface area contributed by atoms with Crippen LogP contribution in [0.4, 0.5) is 23.1 Å². The lowest BCUT2D eigenvalue weighted by Crippen LogP contribution is -2.17. The number of rotatable bonds is 4. The highest BCUT2D eigenvalue weighted by atomic mass is 35.5. The van der Waals surface area contributed by atoms with Crippen molar-refractivity contribution in [2.75, 3.05) is 10.6 Å². The number of hydrogen-bond donors (Lipinski definition) is 2. The van der Waals surface area contributed by atoms with Crippen molar-refractivity contribution in [2.24, 2.45) is 0 Å². The molecule has 4 rings (SSSR count). The van der Waals surface area contributed by atoms with Crippen molar-refractivity contribution >= 4 is 52.1 Å². The van der Waals surface area contributed by atoms with Gasteiger partial charge in [0.15, 0.2) is 5.78 Å². The van der Waals surface area contributed by atoms with Gasteiger partial charge < -0.3 is 10.6 Å². The number of fused-ring (bicyclic) bond motifs is 1. The Bertz CT molecular complexity index is 1010. The topological polar surface area (TPSA) is 66.9 Å². The molecule has 3 aromatic rings. The van der Waals surface area contributed by atoms with Crippen LogP contribution in [-0.2, 0) is 6.42 Å². The van der Waals surface area contributed by atoms with Crippen LogP contribution < -0.4 is 10.6 Å². The van der Waals surface area contributed by atoms with Crippen molar-refractivity contribution in [3.63, 3.8) is 0 Å². The summed E-state index contributed by atoms with van der Waals surface area (Å²) in [7, 11) is 0. The van der Waals surface area contributed by atoms with Crippen molar-refractivity contribution in [3.05, 3.63) is 69.8 Å². The Balaban J connectivity index is 1.74. The van der Waals surface area contributed by atoms with Gasteiger partial charge in [-0.15, -0.1) is 0 Å². The van der Waals surface area contributed by atoms with E-state index in [0.717, 1.165) is 24.2 Å². The first-order valence-electron chi connectivity index (χ1n) is 8.58. The molecule has 1 aliphatic rings. The molecule has 136 valence electrons. The normalized spacial score (nSPS) is 13.2. The second-order valence-corrected chi connectivity index (χ2v) is 7.05. The number of nitrogens with zero attached hydrogens (tertiary/aromatic N) is 2. The van der Waals surface area contributed by atoms with E-state index in [2.05, 4.69) is 20.6 Å². The lowest BCUT2D eigenvalue weighted by atomic mass is 9.95. The number of carbonyl (C=O) groups is 1. The van der Waals surface area contributed by atoms with E-state index < -0.39 is 0 Å². The van der Waals surface area contributed by atoms with Crippen LogP contribution in [0.2, 0.25) is 10.0 Å². The summed E-state index contributed by atoms with van der Waals surface area (Å²) < 4.78 is 0. The van der Waals surface area contributed by atoms with Crippen LogP contribution in [0.25, 0.3) is 0 Å². The standard InChI is InChI=1S/C20H16Cl2N4O/c21-14-10-9-13(11-15(14)22)23-19-18-16(7-4-8-17(18)27)25-20(26-19)24-12-5-2-1-3-6-12/h1-3,5-6,9-11H,4,7-8H2,(H2,23,24,25,26). The largest absolute Gasteiger partial charge is 0.339 e. The van der Waals surface area contributed by atoms with Crippen LogP contribution in [-0.4, -0.2) is 15.8 Å². The molecule has 2 N–H and O–H groups in total. The van der Waals surface area contributed by atoms with Crippen LogP contribution in [0.3, 0.4) is 0 Å². The zero-order valence-electron chi connectivity index (χ0n) is 14.3. The third kappa shape index (κ3) is 3.89. The van der Waals surface area contributed by atoms with Gasteiger partial charge in [-0.1, -0.05) is 41.4 Å². The Morgan fingerprint density at radius 3 is 2.44 bits per heavy atom. The summed E-state index contributed by atoms with van der Waals surface area (Å²) in [6.07, 6.45) is 2.03. The molecule has 0 radical (unpaired) electrons. The highest BCUT2D eigenvalue weighted by Gasteiger charge is 2.24. The zero-order chi connectivity index (χ0) is 18.8. The number of aryl methyl sites for hydroxylation is 1. The predicted molar refractivity (Wildman–Crippen MR) is 109 cm³/mol. The molecule has 0 amide bonds. The molecule has 0 spiro atoms. The molecule has 0 saturated carbocycles. The van der Waals surface area contributed by atoms with Crippen LogP contribution in [0.5, 0.6) is 0 Å². The second-order valence-electron chi connectivity index (χ2n) is 6.24. The molecular formula is C20H16Cl2N4O. The van der Waals surface area contributed by atoms with Gasteiger partial charge in [0, 0.05) is 17.8 Å². The molecule has 7 heteroatoms. The van der Waals surface area contributed by atoms with E-state index >= 15 is 0 Å². The fraction of sp³-hybridized carbons (Fsp3) is 0.150. The number of Topliss-reactive ketones (excluding diaryl/α,β-unsaturated/α-hetero) is 1. The number of para-hydroxylation sites is 1. The first-order chi connectivity index (χ1) is 13.1. The van der Waals surface area contributed by atoms with Gasteiger partial charge in [0.25, 0.3) is 0 Å². The maximum atomic E-state index is 12.5.